The second-order valence-corrected chi connectivity index (χ2v) is 2.51. The third kappa shape index (κ3) is 2.66. The summed E-state index contributed by atoms with van der Waals surface area (Å²) in [5, 5.41) is 0. The highest BCUT2D eigenvalue weighted by Gasteiger charge is 2.32. The molecule has 1 aliphatic heterocycles. The van der Waals surface area contributed by atoms with Gasteiger partial charge in [0.1, 0.15) is 6.17 Å². The summed E-state index contributed by atoms with van der Waals surface area (Å²) >= 11 is 0. The summed E-state index contributed by atoms with van der Waals surface area (Å²) < 4.78 is 0. The van der Waals surface area contributed by atoms with Crippen LogP contribution in [-0.2, 0) is 0 Å². The molecule has 0 aromatic carbocycles. The molecular formula is C8H13N3. The molecule has 2 atom stereocenters. The number of hydrogen-bond donors (Lipinski definition) is 0. The first-order valence-corrected chi connectivity index (χ1v) is 3.77. The van der Waals surface area contributed by atoms with E-state index < -0.39 is 0 Å². The molecule has 11 heavy (non-hydrogen) atoms. The molecule has 1 aliphatic rings. The molecule has 0 N–H and O–H groups in total. The van der Waals surface area contributed by atoms with Gasteiger partial charge >= 0.3 is 0 Å². The lowest BCUT2D eigenvalue weighted by Gasteiger charge is -1.93. The molecule has 0 aromatic rings. The smallest absolute Gasteiger partial charge is 0.126 e. The summed E-state index contributed by atoms with van der Waals surface area (Å²) in [6.45, 7) is 5.77. The fourth-order valence-electron chi connectivity index (χ4n) is 0.907. The largest absolute Gasteiger partial charge is 0.276 e. The maximum Gasteiger partial charge on any atom is 0.126 e. The van der Waals surface area contributed by atoms with Crippen molar-refractivity contribution >= 4 is 6.01 Å². The minimum Gasteiger partial charge on any atom is -0.276 e. The van der Waals surface area contributed by atoms with Crippen LogP contribution < -0.4 is 0 Å². The van der Waals surface area contributed by atoms with E-state index in [2.05, 4.69) is 27.5 Å². The number of rotatable bonds is 4. The number of aliphatic imine (C=N–C) groups is 2. The molecule has 0 amide bonds. The lowest BCUT2D eigenvalue weighted by Crippen LogP contribution is -2.00. The van der Waals surface area contributed by atoms with Crippen molar-refractivity contribution in [1.82, 2.24) is 4.90 Å². The molecule has 1 fully saturated rings. The molecule has 1 rings (SSSR count). The van der Waals surface area contributed by atoms with E-state index in [4.69, 9.17) is 0 Å². The number of hydrogen-bond acceptors (Lipinski definition) is 3. The van der Waals surface area contributed by atoms with E-state index in [0.29, 0.717) is 6.17 Å². The third-order valence-corrected chi connectivity index (χ3v) is 1.61. The van der Waals surface area contributed by atoms with Crippen LogP contribution in [0.3, 0.4) is 0 Å². The summed E-state index contributed by atoms with van der Waals surface area (Å²) in [6, 6.07) is 2.60. The van der Waals surface area contributed by atoms with Crippen molar-refractivity contribution in [3.05, 3.63) is 12.7 Å². The summed E-state index contributed by atoms with van der Waals surface area (Å²) in [4.78, 5) is 9.98. The average Bonchev–Trinajstić information content (AvgIpc) is 2.76. The van der Waals surface area contributed by atoms with Gasteiger partial charge in [0.05, 0.1) is 6.01 Å². The molecule has 0 saturated carbocycles. The Kier molecular flexibility index (Phi) is 3.02. The van der Waals surface area contributed by atoms with Crippen LogP contribution in [-0.4, -0.2) is 37.2 Å². The van der Waals surface area contributed by atoms with Gasteiger partial charge < -0.3 is 0 Å². The topological polar surface area (TPSA) is 27.7 Å². The van der Waals surface area contributed by atoms with Gasteiger partial charge in [0.25, 0.3) is 0 Å². The standard InChI is InChI=1S/C8H13N3/c1-3-4-5-11-6-8(11)10-7-9-2/h3,8H,1,4-6H2,2H3. The molecule has 1 saturated heterocycles. The molecular weight excluding hydrogens is 138 g/mol. The van der Waals surface area contributed by atoms with Crippen molar-refractivity contribution in [1.29, 1.82) is 0 Å². The summed E-state index contributed by atoms with van der Waals surface area (Å²) in [5.41, 5.74) is 0. The van der Waals surface area contributed by atoms with Gasteiger partial charge in [0, 0.05) is 20.1 Å². The highest BCUT2D eigenvalue weighted by Crippen LogP contribution is 2.17. The van der Waals surface area contributed by atoms with E-state index in [-0.39, 0.29) is 0 Å². The predicted octanol–water partition coefficient (Wildman–Crippen LogP) is 1.01. The van der Waals surface area contributed by atoms with Crippen LogP contribution in [0.1, 0.15) is 6.42 Å². The van der Waals surface area contributed by atoms with Gasteiger partial charge in [0.15, 0.2) is 0 Å². The molecule has 3 heteroatoms. The molecule has 1 heterocycles. The number of nitrogens with zero attached hydrogens (tertiary/aromatic N) is 3. The highest BCUT2D eigenvalue weighted by atomic mass is 15.4. The van der Waals surface area contributed by atoms with E-state index >= 15 is 0 Å². The van der Waals surface area contributed by atoms with E-state index in [1.54, 1.807) is 7.05 Å². The van der Waals surface area contributed by atoms with Gasteiger partial charge in [-0.3, -0.25) is 4.90 Å². The maximum atomic E-state index is 4.06. The summed E-state index contributed by atoms with van der Waals surface area (Å²) in [5.74, 6) is 0. The molecule has 0 aromatic heterocycles. The van der Waals surface area contributed by atoms with Gasteiger partial charge in [-0.15, -0.1) is 6.58 Å². The van der Waals surface area contributed by atoms with E-state index in [0.717, 1.165) is 19.5 Å². The van der Waals surface area contributed by atoms with Crippen molar-refractivity contribution < 1.29 is 0 Å². The maximum absolute atomic E-state index is 4.06. The van der Waals surface area contributed by atoms with Gasteiger partial charge in [-0.2, -0.15) is 0 Å². The quantitative estimate of drug-likeness (QED) is 0.335. The Hall–Kier alpha value is -0.920. The fraction of sp³-hybridized carbons (Fsp3) is 0.625. The zero-order chi connectivity index (χ0) is 8.10. The molecule has 3 nitrogen and oxygen atoms in total. The fourth-order valence-corrected chi connectivity index (χ4v) is 0.907. The Morgan fingerprint density at radius 3 is 3.27 bits per heavy atom. The minimum absolute atomic E-state index is 0.346. The highest BCUT2D eigenvalue weighted by molar-refractivity contribution is 5.41. The SMILES string of the molecule is C=CCCN1CC1N=C=NC. The molecule has 0 bridgehead atoms. The Morgan fingerprint density at radius 1 is 1.82 bits per heavy atom. The second kappa shape index (κ2) is 4.06. The summed E-state index contributed by atoms with van der Waals surface area (Å²) in [6.07, 6.45) is 3.31. The summed E-state index contributed by atoms with van der Waals surface area (Å²) in [7, 11) is 1.68. The second-order valence-electron chi connectivity index (χ2n) is 2.51. The normalized spacial score (nSPS) is 27.0. The van der Waals surface area contributed by atoms with Crippen LogP contribution in [0.5, 0.6) is 0 Å². The Morgan fingerprint density at radius 2 is 2.64 bits per heavy atom. The molecule has 2 unspecified atom stereocenters. The van der Waals surface area contributed by atoms with Gasteiger partial charge in [0.2, 0.25) is 0 Å². The van der Waals surface area contributed by atoms with Gasteiger partial charge in [-0.05, 0) is 6.42 Å². The van der Waals surface area contributed by atoms with Crippen molar-refractivity contribution in [2.75, 3.05) is 20.1 Å². The molecule has 0 spiro atoms. The van der Waals surface area contributed by atoms with Gasteiger partial charge in [-0.25, -0.2) is 9.98 Å². The Labute approximate surface area is 67.1 Å². The average molecular weight is 151 g/mol. The first-order valence-electron chi connectivity index (χ1n) is 3.77. The first-order chi connectivity index (χ1) is 5.38. The predicted molar refractivity (Wildman–Crippen MR) is 46.0 cm³/mol. The van der Waals surface area contributed by atoms with Crippen LogP contribution >= 0.6 is 0 Å². The minimum atomic E-state index is 0.346. The van der Waals surface area contributed by atoms with Crippen molar-refractivity contribution in [2.24, 2.45) is 9.98 Å². The van der Waals surface area contributed by atoms with Gasteiger partial charge in [-0.1, -0.05) is 6.08 Å². The van der Waals surface area contributed by atoms with Crippen LogP contribution in [0.2, 0.25) is 0 Å². The lowest BCUT2D eigenvalue weighted by atomic mass is 10.4. The van der Waals surface area contributed by atoms with Crippen molar-refractivity contribution in [3.8, 4) is 0 Å². The lowest BCUT2D eigenvalue weighted by molar-refractivity contribution is 0.521. The van der Waals surface area contributed by atoms with Crippen LogP contribution in [0.15, 0.2) is 22.6 Å². The Balaban J connectivity index is 2.16. The van der Waals surface area contributed by atoms with E-state index in [1.807, 2.05) is 6.08 Å². The van der Waals surface area contributed by atoms with Crippen molar-refractivity contribution in [3.63, 3.8) is 0 Å². The van der Waals surface area contributed by atoms with Crippen LogP contribution in [0, 0.1) is 0 Å². The first kappa shape index (κ1) is 8.18. The zero-order valence-electron chi connectivity index (χ0n) is 6.82. The van der Waals surface area contributed by atoms with Crippen LogP contribution in [0.25, 0.3) is 0 Å². The molecule has 0 aliphatic carbocycles. The third-order valence-electron chi connectivity index (χ3n) is 1.61. The van der Waals surface area contributed by atoms with E-state index in [9.17, 15) is 0 Å². The van der Waals surface area contributed by atoms with Crippen molar-refractivity contribution in [2.45, 2.75) is 12.6 Å². The molecule has 60 valence electrons. The molecule has 0 radical (unpaired) electrons. The Bertz CT molecular complexity index is 192. The monoisotopic (exact) mass is 151 g/mol. The zero-order valence-corrected chi connectivity index (χ0v) is 6.82. The van der Waals surface area contributed by atoms with E-state index in [1.165, 1.54) is 0 Å². The van der Waals surface area contributed by atoms with Crippen LogP contribution in [0.4, 0.5) is 0 Å².